The first-order chi connectivity index (χ1) is 40.5. The lowest BCUT2D eigenvalue weighted by molar-refractivity contribution is -0.167. The SMILES string of the molecule is CC/C=C\C/C=C\C/C=C\C/C=C\C/C=C\CCCCCCCCCCCCCCCC(=O)OCC(COC(=O)CCCCCCCCCC)OC(=O)CCCCCCCCCCCCCCCCC/C=C\CCCCCCCCCC. The Hall–Kier alpha value is -3.15. The lowest BCUT2D eigenvalue weighted by Crippen LogP contribution is -2.30. The molecule has 1 unspecified atom stereocenters. The lowest BCUT2D eigenvalue weighted by Gasteiger charge is -2.18. The summed E-state index contributed by atoms with van der Waals surface area (Å²) < 4.78 is 16.9. The molecule has 0 aromatic rings. The van der Waals surface area contributed by atoms with Crippen molar-refractivity contribution in [1.82, 2.24) is 0 Å². The minimum absolute atomic E-state index is 0.0706. The van der Waals surface area contributed by atoms with Gasteiger partial charge >= 0.3 is 17.9 Å². The predicted molar refractivity (Wildman–Crippen MR) is 358 cm³/mol. The normalized spacial score (nSPS) is 12.5. The van der Waals surface area contributed by atoms with Crippen LogP contribution >= 0.6 is 0 Å². The summed E-state index contributed by atoms with van der Waals surface area (Å²) in [5.41, 5.74) is 0. The fraction of sp³-hybridized carbons (Fsp3) is 0.803. The Balaban J connectivity index is 4.08. The molecule has 0 amide bonds. The monoisotopic (exact) mass is 1150 g/mol. The molecule has 0 aromatic heterocycles. The van der Waals surface area contributed by atoms with E-state index in [-0.39, 0.29) is 31.1 Å². The van der Waals surface area contributed by atoms with Crippen LogP contribution in [0.15, 0.2) is 72.9 Å². The van der Waals surface area contributed by atoms with Gasteiger partial charge in [-0.2, -0.15) is 0 Å². The molecule has 6 nitrogen and oxygen atoms in total. The van der Waals surface area contributed by atoms with Gasteiger partial charge in [0, 0.05) is 19.3 Å². The van der Waals surface area contributed by atoms with Gasteiger partial charge in [-0.25, -0.2) is 0 Å². The van der Waals surface area contributed by atoms with Crippen molar-refractivity contribution in [2.24, 2.45) is 0 Å². The predicted octanol–water partition coefficient (Wildman–Crippen LogP) is 24.8. The van der Waals surface area contributed by atoms with Gasteiger partial charge in [-0.05, 0) is 89.9 Å². The first-order valence-electron chi connectivity index (χ1n) is 35.9. The minimum Gasteiger partial charge on any atom is -0.462 e. The molecule has 0 aliphatic heterocycles. The van der Waals surface area contributed by atoms with Crippen molar-refractivity contribution in [2.75, 3.05) is 13.2 Å². The Morgan fingerprint density at radius 3 is 0.756 bits per heavy atom. The fourth-order valence-electron chi connectivity index (χ4n) is 10.6. The van der Waals surface area contributed by atoms with E-state index in [0.717, 1.165) is 89.9 Å². The van der Waals surface area contributed by atoms with Crippen molar-refractivity contribution in [1.29, 1.82) is 0 Å². The fourth-order valence-corrected chi connectivity index (χ4v) is 10.6. The van der Waals surface area contributed by atoms with E-state index in [1.807, 2.05) is 0 Å². The van der Waals surface area contributed by atoms with E-state index in [0.29, 0.717) is 19.3 Å². The van der Waals surface area contributed by atoms with Crippen LogP contribution in [-0.4, -0.2) is 37.2 Å². The van der Waals surface area contributed by atoms with Gasteiger partial charge in [-0.1, -0.05) is 338 Å². The molecule has 0 spiro atoms. The highest BCUT2D eigenvalue weighted by molar-refractivity contribution is 5.71. The van der Waals surface area contributed by atoms with Crippen molar-refractivity contribution in [3.63, 3.8) is 0 Å². The topological polar surface area (TPSA) is 78.9 Å². The van der Waals surface area contributed by atoms with Crippen LogP contribution in [0.4, 0.5) is 0 Å². The van der Waals surface area contributed by atoms with Crippen molar-refractivity contribution >= 4 is 17.9 Å². The zero-order chi connectivity index (χ0) is 59.2. The van der Waals surface area contributed by atoms with E-state index >= 15 is 0 Å². The molecule has 0 fully saturated rings. The number of rotatable bonds is 66. The van der Waals surface area contributed by atoms with E-state index in [1.165, 1.54) is 244 Å². The second kappa shape index (κ2) is 70.3. The van der Waals surface area contributed by atoms with Crippen molar-refractivity contribution in [2.45, 2.75) is 380 Å². The molecule has 476 valence electrons. The summed E-state index contributed by atoms with van der Waals surface area (Å²) >= 11 is 0. The molecular weight excluding hydrogens is 1010 g/mol. The zero-order valence-electron chi connectivity index (χ0n) is 54.8. The number of allylic oxidation sites excluding steroid dienone is 12. The third-order valence-corrected chi connectivity index (χ3v) is 15.9. The Bertz CT molecular complexity index is 1500. The summed E-state index contributed by atoms with van der Waals surface area (Å²) in [7, 11) is 0. The smallest absolute Gasteiger partial charge is 0.306 e. The number of hydrogen-bond donors (Lipinski definition) is 0. The lowest BCUT2D eigenvalue weighted by atomic mass is 10.0. The molecule has 0 aliphatic rings. The quantitative estimate of drug-likeness (QED) is 0.0261. The van der Waals surface area contributed by atoms with Crippen molar-refractivity contribution in [3.8, 4) is 0 Å². The van der Waals surface area contributed by atoms with E-state index in [2.05, 4.69) is 93.7 Å². The number of hydrogen-bond acceptors (Lipinski definition) is 6. The maximum atomic E-state index is 12.9. The Kier molecular flexibility index (Phi) is 67.6. The maximum absolute atomic E-state index is 12.9. The maximum Gasteiger partial charge on any atom is 0.306 e. The van der Waals surface area contributed by atoms with Gasteiger partial charge < -0.3 is 14.2 Å². The molecule has 0 radical (unpaired) electrons. The minimum atomic E-state index is -0.772. The number of unbranched alkanes of at least 4 members (excludes halogenated alkanes) is 43. The van der Waals surface area contributed by atoms with Crippen LogP contribution in [0, 0.1) is 0 Å². The van der Waals surface area contributed by atoms with Crippen molar-refractivity contribution in [3.05, 3.63) is 72.9 Å². The summed E-state index contributed by atoms with van der Waals surface area (Å²) in [4.78, 5) is 38.3. The number of carbonyl (C=O) groups is 3. The van der Waals surface area contributed by atoms with E-state index in [9.17, 15) is 14.4 Å². The highest BCUT2D eigenvalue weighted by Crippen LogP contribution is 2.18. The largest absolute Gasteiger partial charge is 0.462 e. The number of ether oxygens (including phenoxy) is 3. The Labute approximate surface area is 510 Å². The van der Waals surface area contributed by atoms with Gasteiger partial charge in [0.05, 0.1) is 0 Å². The molecular formula is C76H136O6. The molecule has 0 saturated heterocycles. The van der Waals surface area contributed by atoms with Gasteiger partial charge in [0.15, 0.2) is 6.10 Å². The summed E-state index contributed by atoms with van der Waals surface area (Å²) in [5.74, 6) is -0.855. The van der Waals surface area contributed by atoms with Gasteiger partial charge in [0.25, 0.3) is 0 Å². The molecule has 0 N–H and O–H groups in total. The van der Waals surface area contributed by atoms with E-state index in [1.54, 1.807) is 0 Å². The first kappa shape index (κ1) is 78.8. The molecule has 82 heavy (non-hydrogen) atoms. The van der Waals surface area contributed by atoms with Gasteiger partial charge in [-0.3, -0.25) is 14.4 Å². The molecule has 0 heterocycles. The molecule has 0 aliphatic carbocycles. The van der Waals surface area contributed by atoms with Crippen LogP contribution in [0.25, 0.3) is 0 Å². The van der Waals surface area contributed by atoms with Crippen LogP contribution < -0.4 is 0 Å². The Morgan fingerprint density at radius 2 is 0.476 bits per heavy atom. The van der Waals surface area contributed by atoms with Crippen LogP contribution in [0.2, 0.25) is 0 Å². The third kappa shape index (κ3) is 67.6. The summed E-state index contributed by atoms with van der Waals surface area (Å²) in [6.45, 7) is 6.55. The molecule has 0 bridgehead atoms. The third-order valence-electron chi connectivity index (χ3n) is 15.9. The second-order valence-corrected chi connectivity index (χ2v) is 24.1. The molecule has 6 heteroatoms. The summed E-state index contributed by atoms with van der Waals surface area (Å²) in [5, 5.41) is 0. The van der Waals surface area contributed by atoms with Gasteiger partial charge in [0.2, 0.25) is 0 Å². The number of esters is 3. The average molecular weight is 1150 g/mol. The van der Waals surface area contributed by atoms with Crippen LogP contribution in [-0.2, 0) is 28.6 Å². The van der Waals surface area contributed by atoms with Gasteiger partial charge in [-0.15, -0.1) is 0 Å². The van der Waals surface area contributed by atoms with Crippen LogP contribution in [0.5, 0.6) is 0 Å². The average Bonchev–Trinajstić information content (AvgIpc) is 3.47. The molecule has 0 rings (SSSR count). The number of carbonyl (C=O) groups excluding carboxylic acids is 3. The highest BCUT2D eigenvalue weighted by atomic mass is 16.6. The second-order valence-electron chi connectivity index (χ2n) is 24.1. The van der Waals surface area contributed by atoms with E-state index in [4.69, 9.17) is 14.2 Å². The molecule has 0 saturated carbocycles. The van der Waals surface area contributed by atoms with Crippen LogP contribution in [0.3, 0.4) is 0 Å². The van der Waals surface area contributed by atoms with Gasteiger partial charge in [0.1, 0.15) is 13.2 Å². The molecule has 1 atom stereocenters. The highest BCUT2D eigenvalue weighted by Gasteiger charge is 2.19. The standard InChI is InChI=1S/C76H136O6/c1-4-7-10-13-16-19-21-23-25-27-29-31-33-35-37-38-40-41-43-45-47-49-51-53-55-57-60-63-66-69-75(78)81-72-73(71-80-74(77)68-65-62-59-18-15-12-9-6-3)82-76(79)70-67-64-61-58-56-54-52-50-48-46-44-42-39-36-34-32-30-28-26-24-22-20-17-14-11-8-5-2/h7,10,16,19,23,25,28-31,35,37,73H,4-6,8-9,11-15,17-18,20-22,24,26-27,32-34,36,38-72H2,1-3H3/b10-7-,19-16-,25-23-,30-28-,31-29-,37-35-. The summed E-state index contributed by atoms with van der Waals surface area (Å²) in [6.07, 6.45) is 92.4. The summed E-state index contributed by atoms with van der Waals surface area (Å²) in [6, 6.07) is 0. The zero-order valence-corrected chi connectivity index (χ0v) is 54.8. The van der Waals surface area contributed by atoms with E-state index < -0.39 is 6.10 Å². The van der Waals surface area contributed by atoms with Crippen molar-refractivity contribution < 1.29 is 28.6 Å². The Morgan fingerprint density at radius 1 is 0.256 bits per heavy atom. The first-order valence-corrected chi connectivity index (χ1v) is 35.9. The van der Waals surface area contributed by atoms with Crippen LogP contribution in [0.1, 0.15) is 374 Å². The molecule has 0 aromatic carbocycles.